The molecular formula is C16H13F2N7O. The molecule has 1 saturated heterocycles. The van der Waals surface area contributed by atoms with Crippen LogP contribution in [0.5, 0.6) is 0 Å². The Balaban J connectivity index is 1.39. The van der Waals surface area contributed by atoms with Gasteiger partial charge in [-0.05, 0) is 12.1 Å². The number of rotatable bonds is 4. The number of nitrogens with zero attached hydrogens (tertiary/aromatic N) is 6. The minimum absolute atomic E-state index is 0.0367. The lowest BCUT2D eigenvalue weighted by molar-refractivity contribution is -0.120. The summed E-state index contributed by atoms with van der Waals surface area (Å²) in [4.78, 5) is 26.3. The average molecular weight is 357 g/mol. The molecule has 0 radical (unpaired) electrons. The van der Waals surface area contributed by atoms with Gasteiger partial charge in [0, 0.05) is 25.2 Å². The molecule has 0 bridgehead atoms. The Bertz CT molecular complexity index is 942. The molecule has 1 fully saturated rings. The molecule has 0 atom stereocenters. The SMILES string of the molecule is O=C(Nc1ccc(F)cc1F)C1CN(c2cc(-n3cncn3)ncn2)C1. The molecular weight excluding hydrogens is 344 g/mol. The molecule has 10 heteroatoms. The van der Waals surface area contributed by atoms with E-state index in [1.54, 1.807) is 6.07 Å². The second kappa shape index (κ2) is 6.47. The maximum absolute atomic E-state index is 13.6. The van der Waals surface area contributed by atoms with Crippen molar-refractivity contribution in [2.75, 3.05) is 23.3 Å². The third kappa shape index (κ3) is 3.08. The summed E-state index contributed by atoms with van der Waals surface area (Å²) in [6.07, 6.45) is 4.34. The number of carbonyl (C=O) groups is 1. The second-order valence-electron chi connectivity index (χ2n) is 5.79. The van der Waals surface area contributed by atoms with E-state index in [0.717, 1.165) is 12.1 Å². The molecule has 0 unspecified atom stereocenters. The van der Waals surface area contributed by atoms with Gasteiger partial charge in [-0.3, -0.25) is 4.79 Å². The minimum Gasteiger partial charge on any atom is -0.355 e. The normalized spacial score (nSPS) is 14.2. The molecule has 0 aliphatic carbocycles. The molecule has 1 amide bonds. The summed E-state index contributed by atoms with van der Waals surface area (Å²) < 4.78 is 28.0. The highest BCUT2D eigenvalue weighted by atomic mass is 19.1. The van der Waals surface area contributed by atoms with Crippen molar-refractivity contribution in [1.29, 1.82) is 0 Å². The molecule has 3 heterocycles. The molecule has 1 aliphatic heterocycles. The summed E-state index contributed by atoms with van der Waals surface area (Å²) in [5.41, 5.74) is -0.0367. The van der Waals surface area contributed by atoms with Gasteiger partial charge in [-0.15, -0.1) is 0 Å². The van der Waals surface area contributed by atoms with Crippen molar-refractivity contribution < 1.29 is 13.6 Å². The first-order valence-corrected chi connectivity index (χ1v) is 7.78. The van der Waals surface area contributed by atoms with Crippen molar-refractivity contribution in [1.82, 2.24) is 24.7 Å². The number of nitrogens with one attached hydrogen (secondary N) is 1. The summed E-state index contributed by atoms with van der Waals surface area (Å²) in [6.45, 7) is 0.866. The second-order valence-corrected chi connectivity index (χ2v) is 5.79. The Kier molecular flexibility index (Phi) is 3.99. The summed E-state index contributed by atoms with van der Waals surface area (Å²) in [7, 11) is 0. The summed E-state index contributed by atoms with van der Waals surface area (Å²) in [5.74, 6) is -0.914. The minimum atomic E-state index is -0.803. The van der Waals surface area contributed by atoms with Crippen LogP contribution >= 0.6 is 0 Å². The lowest BCUT2D eigenvalue weighted by atomic mass is 9.99. The van der Waals surface area contributed by atoms with E-state index in [9.17, 15) is 13.6 Å². The Hall–Kier alpha value is -3.43. The molecule has 2 aromatic heterocycles. The van der Waals surface area contributed by atoms with Crippen molar-refractivity contribution in [2.24, 2.45) is 5.92 Å². The van der Waals surface area contributed by atoms with Crippen molar-refractivity contribution >= 4 is 17.4 Å². The van der Waals surface area contributed by atoms with Gasteiger partial charge in [-0.1, -0.05) is 0 Å². The summed E-state index contributed by atoms with van der Waals surface area (Å²) in [5, 5.41) is 6.49. The molecule has 4 rings (SSSR count). The average Bonchev–Trinajstić information content (AvgIpc) is 3.11. The number of carbonyl (C=O) groups excluding carboxylic acids is 1. The Morgan fingerprint density at radius 2 is 1.92 bits per heavy atom. The topological polar surface area (TPSA) is 88.8 Å². The van der Waals surface area contributed by atoms with Gasteiger partial charge in [0.1, 0.15) is 36.4 Å². The van der Waals surface area contributed by atoms with Crippen LogP contribution in [0.4, 0.5) is 20.3 Å². The zero-order valence-corrected chi connectivity index (χ0v) is 13.4. The zero-order chi connectivity index (χ0) is 18.1. The molecule has 1 N–H and O–H groups in total. The molecule has 0 saturated carbocycles. The first-order valence-electron chi connectivity index (χ1n) is 7.78. The van der Waals surface area contributed by atoms with Gasteiger partial charge in [0.15, 0.2) is 5.82 Å². The Morgan fingerprint density at radius 1 is 1.12 bits per heavy atom. The van der Waals surface area contributed by atoms with Crippen LogP contribution in [-0.4, -0.2) is 43.7 Å². The van der Waals surface area contributed by atoms with Crippen LogP contribution in [-0.2, 0) is 4.79 Å². The van der Waals surface area contributed by atoms with E-state index >= 15 is 0 Å². The number of hydrogen-bond donors (Lipinski definition) is 1. The fraction of sp³-hybridized carbons (Fsp3) is 0.188. The van der Waals surface area contributed by atoms with Crippen LogP contribution in [0.15, 0.2) is 43.2 Å². The van der Waals surface area contributed by atoms with Crippen molar-refractivity contribution in [3.8, 4) is 5.82 Å². The highest BCUT2D eigenvalue weighted by molar-refractivity contribution is 5.94. The van der Waals surface area contributed by atoms with Crippen LogP contribution < -0.4 is 10.2 Å². The maximum atomic E-state index is 13.6. The van der Waals surface area contributed by atoms with E-state index in [1.165, 1.54) is 29.7 Å². The van der Waals surface area contributed by atoms with Gasteiger partial charge >= 0.3 is 0 Å². The van der Waals surface area contributed by atoms with Crippen molar-refractivity contribution in [2.45, 2.75) is 0 Å². The van der Waals surface area contributed by atoms with E-state index in [1.807, 2.05) is 4.90 Å². The number of aromatic nitrogens is 5. The highest BCUT2D eigenvalue weighted by Gasteiger charge is 2.34. The quantitative estimate of drug-likeness (QED) is 0.760. The van der Waals surface area contributed by atoms with Crippen LogP contribution in [0.3, 0.4) is 0 Å². The number of benzene rings is 1. The highest BCUT2D eigenvalue weighted by Crippen LogP contribution is 2.25. The van der Waals surface area contributed by atoms with Gasteiger partial charge in [-0.25, -0.2) is 28.4 Å². The molecule has 3 aromatic rings. The Morgan fingerprint density at radius 3 is 2.65 bits per heavy atom. The van der Waals surface area contributed by atoms with Crippen molar-refractivity contribution in [3.05, 3.63) is 54.9 Å². The van der Waals surface area contributed by atoms with Gasteiger partial charge in [-0.2, -0.15) is 5.10 Å². The van der Waals surface area contributed by atoms with E-state index < -0.39 is 11.6 Å². The number of amides is 1. The third-order valence-electron chi connectivity index (χ3n) is 4.06. The number of hydrogen-bond acceptors (Lipinski definition) is 6. The number of halogens is 2. The van der Waals surface area contributed by atoms with E-state index in [0.29, 0.717) is 24.7 Å². The standard InChI is InChI=1S/C16H13F2N7O/c17-11-1-2-13(12(18)3-11)23-16(26)10-5-24(6-10)14-4-15(21-8-20-14)25-9-19-7-22-25/h1-4,7-10H,5-6H2,(H,23,26). The smallest absolute Gasteiger partial charge is 0.231 e. The summed E-state index contributed by atoms with van der Waals surface area (Å²) >= 11 is 0. The predicted octanol–water partition coefficient (Wildman–Crippen LogP) is 1.41. The van der Waals surface area contributed by atoms with Gasteiger partial charge in [0.05, 0.1) is 11.6 Å². The van der Waals surface area contributed by atoms with Gasteiger partial charge in [0.2, 0.25) is 5.91 Å². The monoisotopic (exact) mass is 357 g/mol. The van der Waals surface area contributed by atoms with E-state index in [2.05, 4.69) is 25.4 Å². The first kappa shape index (κ1) is 16.1. The first-order chi connectivity index (χ1) is 12.6. The Labute approximate surface area is 146 Å². The predicted molar refractivity (Wildman–Crippen MR) is 87.6 cm³/mol. The van der Waals surface area contributed by atoms with Crippen LogP contribution in [0.2, 0.25) is 0 Å². The maximum Gasteiger partial charge on any atom is 0.231 e. The largest absolute Gasteiger partial charge is 0.355 e. The zero-order valence-electron chi connectivity index (χ0n) is 13.4. The third-order valence-corrected chi connectivity index (χ3v) is 4.06. The van der Waals surface area contributed by atoms with Crippen LogP contribution in [0, 0.1) is 17.6 Å². The number of anilines is 2. The fourth-order valence-electron chi connectivity index (χ4n) is 2.62. The lowest BCUT2D eigenvalue weighted by Gasteiger charge is -2.39. The molecule has 26 heavy (non-hydrogen) atoms. The van der Waals surface area contributed by atoms with Crippen LogP contribution in [0.25, 0.3) is 5.82 Å². The van der Waals surface area contributed by atoms with Crippen molar-refractivity contribution in [3.63, 3.8) is 0 Å². The van der Waals surface area contributed by atoms with Gasteiger partial charge < -0.3 is 10.2 Å². The summed E-state index contributed by atoms with van der Waals surface area (Å²) in [6, 6.07) is 4.77. The van der Waals surface area contributed by atoms with Gasteiger partial charge in [0.25, 0.3) is 0 Å². The lowest BCUT2D eigenvalue weighted by Crippen LogP contribution is -2.52. The molecule has 0 spiro atoms. The molecule has 1 aromatic carbocycles. The molecule has 132 valence electrons. The fourth-order valence-corrected chi connectivity index (χ4v) is 2.62. The molecule has 8 nitrogen and oxygen atoms in total. The van der Waals surface area contributed by atoms with E-state index in [4.69, 9.17) is 0 Å². The van der Waals surface area contributed by atoms with Crippen LogP contribution in [0.1, 0.15) is 0 Å². The molecule has 1 aliphatic rings. The van der Waals surface area contributed by atoms with E-state index in [-0.39, 0.29) is 17.5 Å².